The van der Waals surface area contributed by atoms with Gasteiger partial charge in [-0.2, -0.15) is 0 Å². The highest BCUT2D eigenvalue weighted by molar-refractivity contribution is 6.21. The molecule has 0 amide bonds. The van der Waals surface area contributed by atoms with E-state index >= 15 is 0 Å². The quantitative estimate of drug-likeness (QED) is 0.144. The predicted molar refractivity (Wildman–Crippen MR) is 248 cm³/mol. The number of hydrogen-bond acceptors (Lipinski definition) is 2. The minimum Gasteiger partial charge on any atom is -0.309 e. The van der Waals surface area contributed by atoms with Gasteiger partial charge in [0.25, 0.3) is 0 Å². The lowest BCUT2D eigenvalue weighted by Crippen LogP contribution is -2.02. The van der Waals surface area contributed by atoms with Crippen LogP contribution < -0.4 is 0 Å². The highest BCUT2D eigenvalue weighted by atomic mass is 15.0. The molecule has 0 radical (unpaired) electrons. The predicted octanol–water partition coefficient (Wildman–Crippen LogP) is 14.4. The second-order valence-corrected chi connectivity index (χ2v) is 15.0. The van der Waals surface area contributed by atoms with Crippen LogP contribution in [-0.4, -0.2) is 19.1 Å². The maximum Gasteiger partial charge on any atom is 0.0714 e. The minimum absolute atomic E-state index is 0.917. The first-order valence-corrected chi connectivity index (χ1v) is 20.3. The Morgan fingerprint density at radius 2 is 0.583 bits per heavy atom. The summed E-state index contributed by atoms with van der Waals surface area (Å²) >= 11 is 0. The van der Waals surface area contributed by atoms with Gasteiger partial charge in [-0.25, -0.2) is 0 Å². The van der Waals surface area contributed by atoms with E-state index < -0.39 is 0 Å². The lowest BCUT2D eigenvalue weighted by Gasteiger charge is -2.21. The summed E-state index contributed by atoms with van der Waals surface area (Å²) in [6.07, 6.45) is 3.78. The molecule has 7 aromatic carbocycles. The fraction of sp³-hybridized carbons (Fsp3) is 0. The molecule has 0 spiro atoms. The molecule has 0 unspecified atom stereocenters. The van der Waals surface area contributed by atoms with Gasteiger partial charge >= 0.3 is 0 Å². The molecule has 11 rings (SSSR count). The Balaban J connectivity index is 1.23. The molecule has 0 bridgehead atoms. The Bertz CT molecular complexity index is 2930. The smallest absolute Gasteiger partial charge is 0.0714 e. The van der Waals surface area contributed by atoms with Gasteiger partial charge in [0.05, 0.1) is 34.2 Å². The van der Waals surface area contributed by atoms with E-state index in [-0.39, 0.29) is 0 Å². The number of rotatable bonds is 8. The van der Waals surface area contributed by atoms with E-state index in [0.29, 0.717) is 0 Å². The normalized spacial score (nSPS) is 11.3. The zero-order chi connectivity index (χ0) is 39.8. The van der Waals surface area contributed by atoms with Crippen molar-refractivity contribution in [3.8, 4) is 78.9 Å². The fourth-order valence-electron chi connectivity index (χ4n) is 8.82. The maximum absolute atomic E-state index is 5.03. The van der Waals surface area contributed by atoms with Crippen LogP contribution in [0.4, 0.5) is 0 Å². The van der Waals surface area contributed by atoms with Gasteiger partial charge in [0.15, 0.2) is 0 Å². The molecule has 0 aliphatic carbocycles. The molecule has 0 N–H and O–H groups in total. The number of nitrogens with zero attached hydrogens (tertiary/aromatic N) is 4. The molecule has 4 heterocycles. The molecule has 282 valence electrons. The second kappa shape index (κ2) is 15.0. The first-order chi connectivity index (χ1) is 29.8. The number of fused-ring (bicyclic) bond motifs is 2. The average molecular weight is 767 g/mol. The van der Waals surface area contributed by atoms with Gasteiger partial charge in [0.2, 0.25) is 0 Å². The van der Waals surface area contributed by atoms with Gasteiger partial charge in [0, 0.05) is 34.9 Å². The van der Waals surface area contributed by atoms with Gasteiger partial charge in [0.1, 0.15) is 0 Å². The third-order valence-electron chi connectivity index (χ3n) is 11.5. The number of hydrogen-bond donors (Lipinski definition) is 0. The summed E-state index contributed by atoms with van der Waals surface area (Å²) in [5.41, 5.74) is 15.2. The van der Waals surface area contributed by atoms with Crippen molar-refractivity contribution < 1.29 is 0 Å². The number of aromatic nitrogens is 4. The third-order valence-corrected chi connectivity index (χ3v) is 11.5. The Hall–Kier alpha value is -8.08. The van der Waals surface area contributed by atoms with Gasteiger partial charge in [-0.1, -0.05) is 146 Å². The highest BCUT2D eigenvalue weighted by Gasteiger charge is 2.22. The van der Waals surface area contributed by atoms with Crippen LogP contribution in [0, 0.1) is 0 Å². The lowest BCUT2D eigenvalue weighted by molar-refractivity contribution is 1.10. The Morgan fingerprint density at radius 3 is 0.883 bits per heavy atom. The van der Waals surface area contributed by atoms with Crippen molar-refractivity contribution in [2.75, 3.05) is 0 Å². The number of pyridine rings is 2. The molecule has 0 atom stereocenters. The molecule has 60 heavy (non-hydrogen) atoms. The van der Waals surface area contributed by atoms with E-state index in [1.807, 2.05) is 24.5 Å². The summed E-state index contributed by atoms with van der Waals surface area (Å²) in [5.74, 6) is 0. The zero-order valence-electron chi connectivity index (χ0n) is 32.7. The van der Waals surface area contributed by atoms with Crippen molar-refractivity contribution in [2.24, 2.45) is 0 Å². The first-order valence-electron chi connectivity index (χ1n) is 20.3. The van der Waals surface area contributed by atoms with Gasteiger partial charge in [-0.15, -0.1) is 0 Å². The summed E-state index contributed by atoms with van der Waals surface area (Å²) in [7, 11) is 0. The lowest BCUT2D eigenvalue weighted by atomic mass is 9.88. The third kappa shape index (κ3) is 6.10. The van der Waals surface area contributed by atoms with Gasteiger partial charge in [-0.3, -0.25) is 9.97 Å². The minimum atomic E-state index is 0.917. The molecule has 0 saturated heterocycles. The largest absolute Gasteiger partial charge is 0.309 e. The van der Waals surface area contributed by atoms with Crippen molar-refractivity contribution in [2.45, 2.75) is 0 Å². The molecule has 4 nitrogen and oxygen atoms in total. The summed E-state index contributed by atoms with van der Waals surface area (Å²) in [5, 5.41) is 4.43. The van der Waals surface area contributed by atoms with Crippen molar-refractivity contribution in [3.63, 3.8) is 0 Å². The highest BCUT2D eigenvalue weighted by Crippen LogP contribution is 2.46. The van der Waals surface area contributed by atoms with E-state index in [0.717, 1.165) is 100 Å². The topological polar surface area (TPSA) is 35.6 Å². The molecule has 0 aliphatic heterocycles. The van der Waals surface area contributed by atoms with Crippen LogP contribution in [0.5, 0.6) is 0 Å². The summed E-state index contributed by atoms with van der Waals surface area (Å²) in [6, 6.07) is 77.7. The van der Waals surface area contributed by atoms with Crippen molar-refractivity contribution in [1.29, 1.82) is 0 Å². The number of benzene rings is 7. The van der Waals surface area contributed by atoms with E-state index in [9.17, 15) is 0 Å². The Labute approximate surface area is 349 Å². The van der Waals surface area contributed by atoms with Crippen molar-refractivity contribution in [1.82, 2.24) is 19.1 Å². The molecule has 11 aromatic rings. The van der Waals surface area contributed by atoms with Gasteiger partial charge < -0.3 is 9.13 Å². The fourth-order valence-corrected chi connectivity index (χ4v) is 8.82. The van der Waals surface area contributed by atoms with E-state index in [4.69, 9.17) is 9.97 Å². The van der Waals surface area contributed by atoms with Crippen LogP contribution in [0.25, 0.3) is 100 Å². The first kappa shape index (κ1) is 35.1. The van der Waals surface area contributed by atoms with Crippen LogP contribution in [0.15, 0.2) is 231 Å². The maximum atomic E-state index is 5.03. The van der Waals surface area contributed by atoms with E-state index in [1.54, 1.807) is 0 Å². The van der Waals surface area contributed by atoms with E-state index in [1.165, 1.54) is 0 Å². The molecule has 4 aromatic heterocycles. The Kier molecular flexibility index (Phi) is 8.79. The molecule has 4 heteroatoms. The summed E-state index contributed by atoms with van der Waals surface area (Å²) in [4.78, 5) is 10.1. The zero-order valence-corrected chi connectivity index (χ0v) is 32.7. The van der Waals surface area contributed by atoms with Crippen LogP contribution in [0.3, 0.4) is 0 Å². The van der Waals surface area contributed by atoms with Crippen molar-refractivity contribution in [3.05, 3.63) is 231 Å². The SMILES string of the molecule is c1ccc(-c2ccc(-c3ccccc3)n2-c2ccc3c(-c4ccccn4)c4cc(-n5c(-c6ccccc6)ccc5-c5ccccc5)ccc4c(-c4ccccn4)c3c2)cc1. The van der Waals surface area contributed by atoms with Crippen LogP contribution in [0.1, 0.15) is 0 Å². The molecule has 0 fully saturated rings. The van der Waals surface area contributed by atoms with E-state index in [2.05, 4.69) is 215 Å². The summed E-state index contributed by atoms with van der Waals surface area (Å²) < 4.78 is 4.78. The standard InChI is InChI=1S/C56H38N4/c1-5-17-39(18-6-1)51-31-32-52(40-19-7-2-8-20-40)59(51)43-27-29-45-47(37-43)55(49-25-13-15-35-57-49)46-30-28-44(38-48(46)56(45)50-26-14-16-36-58-50)60-53(41-21-9-3-10-22-41)33-34-54(60)42-23-11-4-12-24-42/h1-38H. The Morgan fingerprint density at radius 1 is 0.267 bits per heavy atom. The van der Waals surface area contributed by atoms with Gasteiger partial charge in [-0.05, 0) is 117 Å². The van der Waals surface area contributed by atoms with Crippen LogP contribution in [0.2, 0.25) is 0 Å². The molecular weight excluding hydrogens is 729 g/mol. The monoisotopic (exact) mass is 766 g/mol. The van der Waals surface area contributed by atoms with Crippen molar-refractivity contribution >= 4 is 21.5 Å². The average Bonchev–Trinajstić information content (AvgIpc) is 3.98. The second-order valence-electron chi connectivity index (χ2n) is 15.0. The molecular formula is C56H38N4. The van der Waals surface area contributed by atoms with Crippen LogP contribution >= 0.6 is 0 Å². The molecule has 0 aliphatic rings. The summed E-state index contributed by atoms with van der Waals surface area (Å²) in [6.45, 7) is 0. The van der Waals surface area contributed by atoms with Crippen LogP contribution in [-0.2, 0) is 0 Å². The molecule has 0 saturated carbocycles.